The fourth-order valence-corrected chi connectivity index (χ4v) is 3.07. The minimum Gasteiger partial charge on any atom is -0.494 e. The van der Waals surface area contributed by atoms with E-state index in [1.54, 1.807) is 10.8 Å². The van der Waals surface area contributed by atoms with Crippen molar-refractivity contribution in [2.45, 2.75) is 20.8 Å². The van der Waals surface area contributed by atoms with Gasteiger partial charge in [0, 0.05) is 18.3 Å². The van der Waals surface area contributed by atoms with Gasteiger partial charge in [-0.1, -0.05) is 0 Å². The van der Waals surface area contributed by atoms with Crippen LogP contribution in [-0.2, 0) is 11.8 Å². The van der Waals surface area contributed by atoms with Crippen LogP contribution in [-0.4, -0.2) is 27.4 Å². The number of anilines is 1. The van der Waals surface area contributed by atoms with Crippen molar-refractivity contribution < 1.29 is 9.53 Å². The average Bonchev–Trinajstić information content (AvgIpc) is 2.99. The molecule has 3 rings (SSSR count). The molecule has 0 spiro atoms. The highest BCUT2D eigenvalue weighted by Gasteiger charge is 2.32. The zero-order chi connectivity index (χ0) is 18.1. The number of thiocarbonyl (C=S) groups is 1. The molecule has 1 aromatic heterocycles. The molecule has 1 aliphatic rings. The van der Waals surface area contributed by atoms with Crippen LogP contribution in [0.5, 0.6) is 5.75 Å². The van der Waals surface area contributed by atoms with Crippen molar-refractivity contribution >= 4 is 35.0 Å². The topological polar surface area (TPSA) is 59.4 Å². The van der Waals surface area contributed by atoms with Crippen molar-refractivity contribution in [3.63, 3.8) is 0 Å². The summed E-state index contributed by atoms with van der Waals surface area (Å²) in [5.74, 6) is 0.575. The first-order chi connectivity index (χ1) is 11.9. The molecule has 0 atom stereocenters. The molecule has 1 aromatic carbocycles. The smallest absolute Gasteiger partial charge is 0.281 e. The van der Waals surface area contributed by atoms with Gasteiger partial charge in [0.25, 0.3) is 5.91 Å². The van der Waals surface area contributed by atoms with Crippen LogP contribution in [0.1, 0.15) is 23.9 Å². The number of carbonyl (C=O) groups is 1. The Kier molecular flexibility index (Phi) is 4.59. The maximum Gasteiger partial charge on any atom is 0.281 e. The van der Waals surface area contributed by atoms with Gasteiger partial charge in [-0.2, -0.15) is 5.10 Å². The number of amides is 1. The molecule has 1 aliphatic heterocycles. The van der Waals surface area contributed by atoms with Gasteiger partial charge in [0.15, 0.2) is 5.11 Å². The van der Waals surface area contributed by atoms with Gasteiger partial charge in [-0.05, 0) is 63.3 Å². The number of rotatable bonds is 4. The number of aryl methyl sites for hydroxylation is 2. The molecule has 1 saturated heterocycles. The Morgan fingerprint density at radius 1 is 1.28 bits per heavy atom. The molecular formula is C18H20N4O2S. The lowest BCUT2D eigenvalue weighted by Crippen LogP contribution is -2.30. The second kappa shape index (κ2) is 6.68. The lowest BCUT2D eigenvalue weighted by Gasteiger charge is -2.14. The summed E-state index contributed by atoms with van der Waals surface area (Å²) in [4.78, 5) is 14.3. The van der Waals surface area contributed by atoms with E-state index in [1.807, 2.05) is 52.1 Å². The molecule has 1 N–H and O–H groups in total. The highest BCUT2D eigenvalue weighted by atomic mass is 32.1. The molecule has 25 heavy (non-hydrogen) atoms. The Morgan fingerprint density at radius 3 is 2.52 bits per heavy atom. The van der Waals surface area contributed by atoms with Crippen LogP contribution < -0.4 is 15.0 Å². The highest BCUT2D eigenvalue weighted by Crippen LogP contribution is 2.25. The van der Waals surface area contributed by atoms with Crippen molar-refractivity contribution in [2.24, 2.45) is 7.05 Å². The summed E-state index contributed by atoms with van der Waals surface area (Å²) in [6, 6.07) is 7.29. The average molecular weight is 356 g/mol. The van der Waals surface area contributed by atoms with Crippen molar-refractivity contribution in [3.8, 4) is 5.75 Å². The number of benzene rings is 1. The van der Waals surface area contributed by atoms with E-state index in [4.69, 9.17) is 17.0 Å². The van der Waals surface area contributed by atoms with E-state index < -0.39 is 0 Å². The maximum absolute atomic E-state index is 12.8. The maximum atomic E-state index is 12.8. The van der Waals surface area contributed by atoms with Gasteiger partial charge in [-0.25, -0.2) is 0 Å². The van der Waals surface area contributed by atoms with Gasteiger partial charge in [0.1, 0.15) is 11.4 Å². The predicted molar refractivity (Wildman–Crippen MR) is 101 cm³/mol. The van der Waals surface area contributed by atoms with E-state index in [-0.39, 0.29) is 5.91 Å². The van der Waals surface area contributed by atoms with E-state index in [9.17, 15) is 4.79 Å². The monoisotopic (exact) mass is 356 g/mol. The SMILES string of the molecule is CCOc1ccc(N2C(=O)/C(=C\c3c(C)nn(C)c3C)NC2=S)cc1. The first kappa shape index (κ1) is 17.2. The van der Waals surface area contributed by atoms with E-state index >= 15 is 0 Å². The van der Waals surface area contributed by atoms with Crippen LogP contribution in [0.15, 0.2) is 30.0 Å². The van der Waals surface area contributed by atoms with E-state index in [2.05, 4.69) is 10.4 Å². The van der Waals surface area contributed by atoms with Crippen LogP contribution in [0.3, 0.4) is 0 Å². The lowest BCUT2D eigenvalue weighted by molar-refractivity contribution is -0.113. The Morgan fingerprint density at radius 2 is 1.96 bits per heavy atom. The molecule has 7 heteroatoms. The molecule has 2 aromatic rings. The summed E-state index contributed by atoms with van der Waals surface area (Å²) in [6.07, 6.45) is 1.81. The molecule has 2 heterocycles. The Bertz CT molecular complexity index is 868. The Balaban J connectivity index is 1.91. The highest BCUT2D eigenvalue weighted by molar-refractivity contribution is 7.80. The molecule has 0 radical (unpaired) electrons. The second-order valence-corrected chi connectivity index (χ2v) is 6.15. The van der Waals surface area contributed by atoms with Crippen molar-refractivity contribution in [1.82, 2.24) is 15.1 Å². The largest absolute Gasteiger partial charge is 0.494 e. The molecule has 130 valence electrons. The van der Waals surface area contributed by atoms with Gasteiger partial charge >= 0.3 is 0 Å². The van der Waals surface area contributed by atoms with E-state index in [1.165, 1.54) is 4.90 Å². The normalized spacial score (nSPS) is 15.8. The van der Waals surface area contributed by atoms with Gasteiger partial charge in [0.05, 0.1) is 18.0 Å². The number of hydrogen-bond donors (Lipinski definition) is 1. The van der Waals surface area contributed by atoms with Crippen LogP contribution in [0, 0.1) is 13.8 Å². The zero-order valence-corrected chi connectivity index (χ0v) is 15.5. The number of hydrogen-bond acceptors (Lipinski definition) is 4. The van der Waals surface area contributed by atoms with Crippen molar-refractivity contribution in [1.29, 1.82) is 0 Å². The summed E-state index contributed by atoms with van der Waals surface area (Å²) >= 11 is 5.35. The number of nitrogens with zero attached hydrogens (tertiary/aromatic N) is 3. The number of ether oxygens (including phenoxy) is 1. The van der Waals surface area contributed by atoms with Crippen LogP contribution in [0.4, 0.5) is 5.69 Å². The standard InChI is InChI=1S/C18H20N4O2S/c1-5-24-14-8-6-13(7-9-14)22-17(23)16(19-18(22)25)10-15-11(2)20-21(4)12(15)3/h6-10H,5H2,1-4H3,(H,19,25)/b16-10+. The number of carbonyl (C=O) groups excluding carboxylic acids is 1. The molecular weight excluding hydrogens is 336 g/mol. The third-order valence-electron chi connectivity index (χ3n) is 4.14. The Labute approximate surface area is 152 Å². The van der Waals surface area contributed by atoms with Crippen LogP contribution >= 0.6 is 12.2 Å². The molecule has 0 saturated carbocycles. The molecule has 1 amide bonds. The van der Waals surface area contributed by atoms with E-state index in [0.29, 0.717) is 23.1 Å². The number of aromatic nitrogens is 2. The first-order valence-corrected chi connectivity index (χ1v) is 8.43. The number of nitrogens with one attached hydrogen (secondary N) is 1. The van der Waals surface area contributed by atoms with Crippen LogP contribution in [0.2, 0.25) is 0 Å². The molecule has 6 nitrogen and oxygen atoms in total. The first-order valence-electron chi connectivity index (χ1n) is 8.02. The summed E-state index contributed by atoms with van der Waals surface area (Å²) in [5, 5.41) is 7.74. The quantitative estimate of drug-likeness (QED) is 0.674. The van der Waals surface area contributed by atoms with Crippen molar-refractivity contribution in [3.05, 3.63) is 46.9 Å². The fourth-order valence-electron chi connectivity index (χ4n) is 2.77. The fraction of sp³-hybridized carbons (Fsp3) is 0.278. The third-order valence-corrected chi connectivity index (χ3v) is 4.42. The predicted octanol–water partition coefficient (Wildman–Crippen LogP) is 2.70. The summed E-state index contributed by atoms with van der Waals surface area (Å²) < 4.78 is 7.23. The van der Waals surface area contributed by atoms with Gasteiger partial charge in [0.2, 0.25) is 0 Å². The molecule has 0 unspecified atom stereocenters. The summed E-state index contributed by atoms with van der Waals surface area (Å²) in [7, 11) is 1.88. The minimum atomic E-state index is -0.184. The second-order valence-electron chi connectivity index (χ2n) is 5.76. The summed E-state index contributed by atoms with van der Waals surface area (Å²) in [5.41, 5.74) is 3.93. The molecule has 0 aliphatic carbocycles. The summed E-state index contributed by atoms with van der Waals surface area (Å²) in [6.45, 7) is 6.41. The molecule has 0 bridgehead atoms. The van der Waals surface area contributed by atoms with Gasteiger partial charge in [-0.3, -0.25) is 14.4 Å². The van der Waals surface area contributed by atoms with Crippen LogP contribution in [0.25, 0.3) is 6.08 Å². The zero-order valence-electron chi connectivity index (χ0n) is 14.7. The Hall–Kier alpha value is -2.67. The van der Waals surface area contributed by atoms with E-state index in [0.717, 1.165) is 22.7 Å². The minimum absolute atomic E-state index is 0.184. The van der Waals surface area contributed by atoms with Gasteiger partial charge in [-0.15, -0.1) is 0 Å². The molecule has 1 fully saturated rings. The lowest BCUT2D eigenvalue weighted by atomic mass is 10.1. The van der Waals surface area contributed by atoms with Gasteiger partial charge < -0.3 is 10.1 Å². The third kappa shape index (κ3) is 3.15. The van der Waals surface area contributed by atoms with Crippen molar-refractivity contribution in [2.75, 3.05) is 11.5 Å².